The minimum absolute atomic E-state index is 0.610. The van der Waals surface area contributed by atoms with E-state index in [1.54, 1.807) is 6.33 Å². The quantitative estimate of drug-likeness (QED) is 0.548. The molecule has 0 amide bonds. The Balaban J connectivity index is 2.36. The first-order chi connectivity index (χ1) is 7.24. The van der Waals surface area contributed by atoms with E-state index in [4.69, 9.17) is 11.6 Å². The minimum atomic E-state index is 0.610. The van der Waals surface area contributed by atoms with Crippen molar-refractivity contribution in [3.8, 4) is 0 Å². The van der Waals surface area contributed by atoms with Gasteiger partial charge in [0.25, 0.3) is 0 Å². The molecule has 1 heterocycles. The Labute approximate surface area is 101 Å². The van der Waals surface area contributed by atoms with E-state index in [0.717, 1.165) is 36.2 Å². The van der Waals surface area contributed by atoms with Gasteiger partial charge in [0.05, 0.1) is 5.75 Å². The van der Waals surface area contributed by atoms with Crippen molar-refractivity contribution in [3.63, 3.8) is 0 Å². The van der Waals surface area contributed by atoms with Crippen LogP contribution in [0.3, 0.4) is 0 Å². The molecule has 86 valence electrons. The van der Waals surface area contributed by atoms with Gasteiger partial charge in [-0.15, -0.1) is 11.6 Å². The Morgan fingerprint density at radius 1 is 1.53 bits per heavy atom. The first-order valence-corrected chi connectivity index (χ1v) is 6.93. The molecule has 0 fully saturated rings. The molecule has 3 nitrogen and oxygen atoms in total. The number of hydrogen-bond acceptors (Lipinski definition) is 3. The third kappa shape index (κ3) is 4.89. The summed E-state index contributed by atoms with van der Waals surface area (Å²) >= 11 is 7.48. The highest BCUT2D eigenvalue weighted by Gasteiger charge is 2.05. The van der Waals surface area contributed by atoms with E-state index < -0.39 is 0 Å². The van der Waals surface area contributed by atoms with Crippen molar-refractivity contribution in [2.45, 2.75) is 32.6 Å². The average molecular weight is 248 g/mol. The molecular formula is C10H18ClN3S. The van der Waals surface area contributed by atoms with Gasteiger partial charge in [-0.05, 0) is 18.1 Å². The second kappa shape index (κ2) is 7.12. The molecule has 0 aliphatic carbocycles. The molecule has 0 saturated carbocycles. The van der Waals surface area contributed by atoms with Gasteiger partial charge in [0.15, 0.2) is 0 Å². The highest BCUT2D eigenvalue weighted by Crippen LogP contribution is 2.12. The van der Waals surface area contributed by atoms with Crippen LogP contribution < -0.4 is 0 Å². The lowest BCUT2D eigenvalue weighted by atomic mass is 10.2. The predicted molar refractivity (Wildman–Crippen MR) is 66.4 cm³/mol. The highest BCUT2D eigenvalue weighted by molar-refractivity contribution is 7.98. The van der Waals surface area contributed by atoms with Crippen LogP contribution in [-0.2, 0) is 12.3 Å². The van der Waals surface area contributed by atoms with Gasteiger partial charge in [-0.3, -0.25) is 0 Å². The van der Waals surface area contributed by atoms with E-state index >= 15 is 0 Å². The van der Waals surface area contributed by atoms with Crippen LogP contribution in [0.2, 0.25) is 0 Å². The van der Waals surface area contributed by atoms with Gasteiger partial charge in [-0.25, -0.2) is 9.67 Å². The third-order valence-corrected chi connectivity index (χ3v) is 3.19. The van der Waals surface area contributed by atoms with E-state index in [1.807, 2.05) is 16.4 Å². The SMILES string of the molecule is CC(C)Cn1ncnc1CSCCCCl. The van der Waals surface area contributed by atoms with Gasteiger partial charge in [-0.1, -0.05) is 13.8 Å². The Morgan fingerprint density at radius 3 is 3.00 bits per heavy atom. The predicted octanol–water partition coefficient (Wildman–Crippen LogP) is 2.80. The van der Waals surface area contributed by atoms with Gasteiger partial charge >= 0.3 is 0 Å². The molecule has 15 heavy (non-hydrogen) atoms. The molecule has 0 aliphatic rings. The normalized spacial score (nSPS) is 11.2. The highest BCUT2D eigenvalue weighted by atomic mass is 35.5. The van der Waals surface area contributed by atoms with Crippen molar-refractivity contribution in [1.29, 1.82) is 0 Å². The van der Waals surface area contributed by atoms with E-state index in [0.29, 0.717) is 5.92 Å². The van der Waals surface area contributed by atoms with Crippen LogP contribution in [0.5, 0.6) is 0 Å². The van der Waals surface area contributed by atoms with Crippen LogP contribution in [-0.4, -0.2) is 26.4 Å². The summed E-state index contributed by atoms with van der Waals surface area (Å²) in [5.41, 5.74) is 0. The molecule has 0 saturated heterocycles. The van der Waals surface area contributed by atoms with E-state index in [9.17, 15) is 0 Å². The zero-order valence-electron chi connectivity index (χ0n) is 9.32. The zero-order valence-corrected chi connectivity index (χ0v) is 10.9. The maximum absolute atomic E-state index is 5.62. The number of rotatable bonds is 7. The van der Waals surface area contributed by atoms with E-state index in [-0.39, 0.29) is 0 Å². The molecule has 0 aromatic carbocycles. The second-order valence-corrected chi connectivity index (χ2v) is 5.33. The summed E-state index contributed by atoms with van der Waals surface area (Å²) in [5.74, 6) is 4.45. The Kier molecular flexibility index (Phi) is 6.10. The molecule has 0 unspecified atom stereocenters. The lowest BCUT2D eigenvalue weighted by Gasteiger charge is -2.07. The molecule has 0 spiro atoms. The van der Waals surface area contributed by atoms with Crippen molar-refractivity contribution in [2.24, 2.45) is 5.92 Å². The lowest BCUT2D eigenvalue weighted by Crippen LogP contribution is -2.09. The van der Waals surface area contributed by atoms with Crippen LogP contribution in [0.25, 0.3) is 0 Å². The molecule has 1 aromatic rings. The number of alkyl halides is 1. The summed E-state index contributed by atoms with van der Waals surface area (Å²) in [5, 5.41) is 4.22. The molecule has 0 N–H and O–H groups in total. The lowest BCUT2D eigenvalue weighted by molar-refractivity contribution is 0.472. The maximum atomic E-state index is 5.62. The molecule has 0 bridgehead atoms. The Bertz CT molecular complexity index is 275. The summed E-state index contributed by atoms with van der Waals surface area (Å²) in [6.07, 6.45) is 2.70. The van der Waals surface area contributed by atoms with Gasteiger partial charge in [0.2, 0.25) is 0 Å². The fourth-order valence-electron chi connectivity index (χ4n) is 1.22. The molecule has 0 aliphatic heterocycles. The fourth-order valence-corrected chi connectivity index (χ4v) is 2.41. The standard InChI is InChI=1S/C10H18ClN3S/c1-9(2)6-14-10(12-8-13-14)7-15-5-3-4-11/h8-9H,3-7H2,1-2H3. The maximum Gasteiger partial charge on any atom is 0.138 e. The van der Waals surface area contributed by atoms with Crippen molar-refractivity contribution >= 4 is 23.4 Å². The number of thioether (sulfide) groups is 1. The van der Waals surface area contributed by atoms with Crippen LogP contribution in [0.4, 0.5) is 0 Å². The second-order valence-electron chi connectivity index (χ2n) is 3.85. The monoisotopic (exact) mass is 247 g/mol. The first kappa shape index (κ1) is 12.8. The summed E-state index contributed by atoms with van der Waals surface area (Å²) in [6.45, 7) is 5.32. The molecule has 0 radical (unpaired) electrons. The topological polar surface area (TPSA) is 30.7 Å². The van der Waals surface area contributed by atoms with Crippen LogP contribution in [0.15, 0.2) is 6.33 Å². The summed E-state index contributed by atoms with van der Waals surface area (Å²) in [4.78, 5) is 4.26. The van der Waals surface area contributed by atoms with Crippen LogP contribution >= 0.6 is 23.4 Å². The smallest absolute Gasteiger partial charge is 0.138 e. The van der Waals surface area contributed by atoms with Gasteiger partial charge in [0.1, 0.15) is 12.2 Å². The average Bonchev–Trinajstić information content (AvgIpc) is 2.59. The number of aromatic nitrogens is 3. The largest absolute Gasteiger partial charge is 0.249 e. The fraction of sp³-hybridized carbons (Fsp3) is 0.800. The number of halogens is 1. The molecule has 0 atom stereocenters. The van der Waals surface area contributed by atoms with Crippen molar-refractivity contribution in [3.05, 3.63) is 12.2 Å². The first-order valence-electron chi connectivity index (χ1n) is 5.24. The van der Waals surface area contributed by atoms with Gasteiger partial charge in [0, 0.05) is 12.4 Å². The Hall–Kier alpha value is -0.220. The van der Waals surface area contributed by atoms with Crippen molar-refractivity contribution in [1.82, 2.24) is 14.8 Å². The summed E-state index contributed by atoms with van der Waals surface area (Å²) in [7, 11) is 0. The minimum Gasteiger partial charge on any atom is -0.249 e. The molecular weight excluding hydrogens is 230 g/mol. The van der Waals surface area contributed by atoms with Crippen molar-refractivity contribution in [2.75, 3.05) is 11.6 Å². The van der Waals surface area contributed by atoms with E-state index in [1.165, 1.54) is 0 Å². The molecule has 1 rings (SSSR count). The number of hydrogen-bond donors (Lipinski definition) is 0. The van der Waals surface area contributed by atoms with Gasteiger partial charge in [-0.2, -0.15) is 16.9 Å². The number of nitrogens with zero attached hydrogens (tertiary/aromatic N) is 3. The van der Waals surface area contributed by atoms with Gasteiger partial charge < -0.3 is 0 Å². The van der Waals surface area contributed by atoms with E-state index in [2.05, 4.69) is 23.9 Å². The van der Waals surface area contributed by atoms with Crippen molar-refractivity contribution < 1.29 is 0 Å². The Morgan fingerprint density at radius 2 is 2.33 bits per heavy atom. The van der Waals surface area contributed by atoms with Crippen LogP contribution in [0.1, 0.15) is 26.1 Å². The summed E-state index contributed by atoms with van der Waals surface area (Å²) < 4.78 is 2.00. The molecule has 5 heteroatoms. The van der Waals surface area contributed by atoms with Crippen LogP contribution in [0, 0.1) is 5.92 Å². The zero-order chi connectivity index (χ0) is 11.1. The third-order valence-electron chi connectivity index (χ3n) is 1.89. The molecule has 1 aromatic heterocycles. The summed E-state index contributed by atoms with van der Waals surface area (Å²) in [6, 6.07) is 0.